The van der Waals surface area contributed by atoms with Crippen LogP contribution in [0.5, 0.6) is 11.5 Å². The van der Waals surface area contributed by atoms with Gasteiger partial charge in [-0.3, -0.25) is 9.13 Å². The van der Waals surface area contributed by atoms with Crippen LogP contribution in [0.1, 0.15) is 65.0 Å². The molecule has 1 atom stereocenters. The first-order valence-electron chi connectivity index (χ1n) is 25.2. The third-order valence-corrected chi connectivity index (χ3v) is 15.0. The molecule has 11 rings (SSSR count). The number of aromatic carboxylic acids is 1. The number of aromatic nitrogens is 5. The number of carbonyl (C=O) groups is 5. The summed E-state index contributed by atoms with van der Waals surface area (Å²) in [4.78, 5) is 88.2. The number of benzene rings is 6. The Morgan fingerprint density at radius 2 is 0.795 bits per heavy atom. The number of halogens is 1. The molecule has 6 aromatic carbocycles. The third kappa shape index (κ3) is 19.9. The van der Waals surface area contributed by atoms with Crippen molar-refractivity contribution in [2.45, 2.75) is 13.5 Å². The molecule has 88 heavy (non-hydrogen) atoms. The van der Waals surface area contributed by atoms with E-state index in [0.717, 1.165) is 45.4 Å². The number of phenols is 2. The Balaban J connectivity index is 0.000000377. The number of ether oxygens (including phenoxy) is 4. The number of aromatic hydroxyl groups is 2. The Labute approximate surface area is 524 Å². The van der Waals surface area contributed by atoms with Crippen LogP contribution in [0.3, 0.4) is 0 Å². The number of hydrogen-bond acceptors (Lipinski definition) is 15. The molecule has 0 saturated carbocycles. The van der Waals surface area contributed by atoms with E-state index in [9.17, 15) is 38.2 Å². The number of methoxy groups -OCH3 is 4. The number of aliphatic hydroxyl groups is 1. The number of aliphatic hydroxyl groups excluding tert-OH is 1. The summed E-state index contributed by atoms with van der Waals surface area (Å²) in [5.74, 6) is -2.42. The van der Waals surface area contributed by atoms with Crippen LogP contribution in [0.2, 0.25) is 0 Å². The molecule has 0 aliphatic rings. The summed E-state index contributed by atoms with van der Waals surface area (Å²) in [6, 6.07) is 42.7. The second-order valence-corrected chi connectivity index (χ2v) is 22.1. The number of alkyl halides is 1. The number of fused-ring (bicyclic) bond motifs is 5. The molecule has 11 aromatic rings. The van der Waals surface area contributed by atoms with Gasteiger partial charge < -0.3 is 86.0 Å². The van der Waals surface area contributed by atoms with Gasteiger partial charge in [-0.2, -0.15) is 0 Å². The minimum atomic E-state index is -4.27. The Hall–Kier alpha value is -8.78. The zero-order valence-electron chi connectivity index (χ0n) is 48.8. The second-order valence-electron chi connectivity index (χ2n) is 18.0. The molecular weight excluding hydrogens is 1290 g/mol. The number of phenolic OH excluding ortho intramolecular Hbond substituents is 2. The van der Waals surface area contributed by atoms with Crippen LogP contribution in [0.15, 0.2) is 152 Å². The molecule has 5 aromatic heterocycles. The number of carboxylic acids is 1. The average molecular weight is 1360 g/mol. The van der Waals surface area contributed by atoms with Crippen molar-refractivity contribution in [3.05, 3.63) is 199 Å². The minimum absolute atomic E-state index is 0. The van der Waals surface area contributed by atoms with Crippen molar-refractivity contribution in [1.29, 1.82) is 0 Å². The molecule has 11 N–H and O–H groups in total. The first-order valence-corrected chi connectivity index (χ1v) is 29.6. The normalized spacial score (nSPS) is 11.0. The van der Waals surface area contributed by atoms with Crippen LogP contribution in [-0.2, 0) is 59.6 Å². The molecule has 5 heterocycles. The van der Waals surface area contributed by atoms with E-state index in [1.165, 1.54) is 82.9 Å². The molecule has 1 unspecified atom stereocenters. The maximum atomic E-state index is 12.9. The molecule has 472 valence electrons. The van der Waals surface area contributed by atoms with Crippen LogP contribution >= 0.6 is 26.6 Å². The molecular formula is C61H67ClN5O18P2Pd-. The van der Waals surface area contributed by atoms with Crippen molar-refractivity contribution in [1.82, 2.24) is 24.9 Å². The zero-order chi connectivity index (χ0) is 63.5. The number of hydrogen-bond donors (Lipinski definition) is 11. The van der Waals surface area contributed by atoms with Crippen molar-refractivity contribution < 1.29 is 109 Å². The average Bonchev–Trinajstić information content (AvgIpc) is 1.99. The van der Waals surface area contributed by atoms with E-state index in [2.05, 4.69) is 50.7 Å². The number of carboxylic acid groups (broad SMARTS) is 1. The van der Waals surface area contributed by atoms with Gasteiger partial charge in [-0.05, 0) is 128 Å². The van der Waals surface area contributed by atoms with E-state index in [-0.39, 0.29) is 70.0 Å². The van der Waals surface area contributed by atoms with Gasteiger partial charge in [0.1, 0.15) is 40.0 Å². The maximum absolute atomic E-state index is 12.9. The molecule has 0 aliphatic heterocycles. The molecule has 27 heteroatoms. The predicted molar refractivity (Wildman–Crippen MR) is 336 cm³/mol. The Kier molecular flexibility index (Phi) is 28.3. The van der Waals surface area contributed by atoms with Gasteiger partial charge in [0, 0.05) is 102 Å². The van der Waals surface area contributed by atoms with Gasteiger partial charge in [0.2, 0.25) is 7.37 Å². The summed E-state index contributed by atoms with van der Waals surface area (Å²) < 4.78 is 48.1. The molecule has 0 spiro atoms. The number of rotatable bonds is 10. The van der Waals surface area contributed by atoms with Crippen LogP contribution in [0.4, 0.5) is 0 Å². The van der Waals surface area contributed by atoms with Crippen molar-refractivity contribution in [3.8, 4) is 11.5 Å². The summed E-state index contributed by atoms with van der Waals surface area (Å²) in [5.41, 5.74) is 7.59. The fourth-order valence-electron chi connectivity index (χ4n) is 8.01. The predicted octanol–water partition coefficient (Wildman–Crippen LogP) is 11.1. The van der Waals surface area contributed by atoms with Gasteiger partial charge in [-0.1, -0.05) is 42.0 Å². The molecule has 0 radical (unpaired) electrons. The number of aryl methyl sites for hydroxylation is 1. The fraction of sp³-hybridized carbons (Fsp3) is 0.148. The quantitative estimate of drug-likeness (QED) is 0.0151. The van der Waals surface area contributed by atoms with Crippen molar-refractivity contribution in [2.24, 2.45) is 0 Å². The zero-order valence-corrected chi connectivity index (χ0v) is 52.9. The Morgan fingerprint density at radius 3 is 1.17 bits per heavy atom. The fourth-order valence-corrected chi connectivity index (χ4v) is 9.85. The Morgan fingerprint density at radius 1 is 0.477 bits per heavy atom. The summed E-state index contributed by atoms with van der Waals surface area (Å²) >= 11 is 4.64. The topological polar surface area (TPSA) is 366 Å². The number of esters is 4. The van der Waals surface area contributed by atoms with E-state index in [1.807, 2.05) is 55.5 Å². The standard InChI is InChI=1S/C18H18NO4P.C11H11NO2.C10H10NO5P.C10H9NO3.C9H7NO3.CH3Cl.CH4O.CH3.Pd.H2/c1-22-18(20)17-11-14-10-15(8-9-16(14)19-17)24(2,21)23-12-13-6-4-3-5-7-13;1-7-3-4-9-8(5-7)6-10(12-9)11(13)14-2;1-16-10(12)9-5-6-4-7(17(13,14)15)2-3-8(6)11-9;1-14-10(13)9-5-6-4-7(12)2-3-8(6)11-9;11-6-1-2-7-5(3-6)4-8(10-7)9(12)13;2*1-2;;;/h3-11,19H,12H2,1-2H3;3-6,12H,1-2H3;2-5,11H,1H3,(H2,13,14,15);2-5,11-12H,1H3;1-4,10-11H,(H,12,13);1H3;2H,1H3;1H3;;1H/q;;;;;;;-1;;. The molecule has 0 bridgehead atoms. The number of carbonyl (C=O) groups excluding carboxylic acids is 4. The van der Waals surface area contributed by atoms with Crippen LogP contribution in [-0.4, -0.2) is 134 Å². The molecule has 0 fully saturated rings. The van der Waals surface area contributed by atoms with Gasteiger partial charge in [0.05, 0.1) is 40.4 Å². The molecule has 23 nitrogen and oxygen atoms in total. The van der Waals surface area contributed by atoms with E-state index < -0.39 is 38.8 Å². The van der Waals surface area contributed by atoms with E-state index >= 15 is 0 Å². The van der Waals surface area contributed by atoms with Gasteiger partial charge in [-0.15, -0.1) is 11.6 Å². The Bertz CT molecular complexity index is 4160. The number of nitrogens with one attached hydrogen (secondary N) is 5. The molecule has 0 aliphatic carbocycles. The summed E-state index contributed by atoms with van der Waals surface area (Å²) in [7, 11) is -0.952. The first kappa shape index (κ1) is 73.5. The van der Waals surface area contributed by atoms with Crippen LogP contribution in [0.25, 0.3) is 54.5 Å². The number of aromatic amines is 5. The molecule has 0 saturated heterocycles. The maximum Gasteiger partial charge on any atom is 0.356 e. The first-order chi connectivity index (χ1) is 41.0. The van der Waals surface area contributed by atoms with Crippen molar-refractivity contribution in [3.63, 3.8) is 0 Å². The largest absolute Gasteiger partial charge is 0.508 e. The van der Waals surface area contributed by atoms with E-state index in [4.69, 9.17) is 34.4 Å². The van der Waals surface area contributed by atoms with Crippen LogP contribution in [0, 0.1) is 14.4 Å². The van der Waals surface area contributed by atoms with Gasteiger partial charge >= 0.3 is 37.4 Å². The van der Waals surface area contributed by atoms with Gasteiger partial charge in [0.25, 0.3) is 0 Å². The van der Waals surface area contributed by atoms with Crippen molar-refractivity contribution in [2.75, 3.05) is 48.6 Å². The van der Waals surface area contributed by atoms with Gasteiger partial charge in [0.15, 0.2) is 0 Å². The summed E-state index contributed by atoms with van der Waals surface area (Å²) in [6.45, 7) is 3.91. The SMILES string of the molecule is CCl.CO.COC(=O)c1cc2cc(C)ccc2[nH]1.COC(=O)c1cc2cc(O)ccc2[nH]1.COC(=O)c1cc2cc(P(=O)(O)O)ccc2[nH]1.COC(=O)c1cc2cc(P(C)(=O)OCc3ccccc3)ccc2[nH]1.O=C(O)c1cc2cc(O)ccc2[nH]1.[CH3-].[HH].[Pd]. The number of H-pyrrole nitrogens is 5. The smallest absolute Gasteiger partial charge is 0.356 e. The monoisotopic (exact) mass is 1360 g/mol. The van der Waals surface area contributed by atoms with Crippen LogP contribution < -0.4 is 10.6 Å². The second kappa shape index (κ2) is 33.9. The minimum Gasteiger partial charge on any atom is -0.508 e. The van der Waals surface area contributed by atoms with E-state index in [0.29, 0.717) is 44.2 Å². The summed E-state index contributed by atoms with van der Waals surface area (Å²) in [6.07, 6.45) is 1.47. The van der Waals surface area contributed by atoms with Gasteiger partial charge in [-0.25, -0.2) is 24.0 Å². The molecule has 0 amide bonds. The van der Waals surface area contributed by atoms with E-state index in [1.54, 1.807) is 67.3 Å². The third-order valence-electron chi connectivity index (χ3n) is 12.2. The summed E-state index contributed by atoms with van der Waals surface area (Å²) in [5, 5.41) is 38.4. The van der Waals surface area contributed by atoms with Crippen molar-refractivity contribution >= 4 is 122 Å².